The summed E-state index contributed by atoms with van der Waals surface area (Å²) in [5.41, 5.74) is 6.05. The van der Waals surface area contributed by atoms with Gasteiger partial charge in [-0.15, -0.1) is 0 Å². The van der Waals surface area contributed by atoms with Gasteiger partial charge in [-0.1, -0.05) is 52.0 Å². The second kappa shape index (κ2) is 4.45. The standard InChI is InChI=1S/C16H22/c1-11(2)15-9-13-7-5-6-8-14(13)10-16(15)12(3)4/h5,7,9-12H,6,8H2,1-4H3. The largest absolute Gasteiger partial charge is 0.0836 e. The van der Waals surface area contributed by atoms with Crippen LogP contribution in [0.1, 0.15) is 68.2 Å². The fraction of sp³-hybridized carbons (Fsp3) is 0.500. The van der Waals surface area contributed by atoms with Crippen molar-refractivity contribution in [1.82, 2.24) is 0 Å². The van der Waals surface area contributed by atoms with Crippen LogP contribution in [0.3, 0.4) is 0 Å². The van der Waals surface area contributed by atoms with Gasteiger partial charge in [-0.3, -0.25) is 0 Å². The third kappa shape index (κ3) is 2.07. The van der Waals surface area contributed by atoms with Gasteiger partial charge in [0, 0.05) is 0 Å². The molecule has 0 N–H and O–H groups in total. The lowest BCUT2D eigenvalue weighted by atomic mass is 9.84. The molecule has 0 saturated heterocycles. The molecule has 0 unspecified atom stereocenters. The zero-order valence-corrected chi connectivity index (χ0v) is 10.9. The first kappa shape index (κ1) is 11.4. The molecule has 0 amide bonds. The van der Waals surface area contributed by atoms with Crippen LogP contribution in [0.5, 0.6) is 0 Å². The molecule has 0 saturated carbocycles. The van der Waals surface area contributed by atoms with E-state index in [0.29, 0.717) is 11.8 Å². The van der Waals surface area contributed by atoms with Gasteiger partial charge in [-0.05, 0) is 46.9 Å². The van der Waals surface area contributed by atoms with Crippen molar-refractivity contribution in [2.45, 2.75) is 52.4 Å². The third-order valence-electron chi connectivity index (χ3n) is 3.47. The van der Waals surface area contributed by atoms with E-state index in [1.165, 1.54) is 29.5 Å². The van der Waals surface area contributed by atoms with E-state index in [1.54, 1.807) is 5.56 Å². The van der Waals surface area contributed by atoms with Gasteiger partial charge in [0.05, 0.1) is 0 Å². The first-order chi connectivity index (χ1) is 7.59. The molecule has 0 atom stereocenters. The van der Waals surface area contributed by atoms with Crippen molar-refractivity contribution in [2.75, 3.05) is 0 Å². The van der Waals surface area contributed by atoms with E-state index in [4.69, 9.17) is 0 Å². The molecule has 0 bridgehead atoms. The van der Waals surface area contributed by atoms with Crippen LogP contribution in [0.4, 0.5) is 0 Å². The molecule has 0 nitrogen and oxygen atoms in total. The van der Waals surface area contributed by atoms with Gasteiger partial charge in [0.1, 0.15) is 0 Å². The van der Waals surface area contributed by atoms with Crippen molar-refractivity contribution in [3.63, 3.8) is 0 Å². The number of hydrogen-bond acceptors (Lipinski definition) is 0. The second-order valence-corrected chi connectivity index (χ2v) is 5.43. The molecule has 2 rings (SSSR count). The highest BCUT2D eigenvalue weighted by Gasteiger charge is 2.14. The third-order valence-corrected chi connectivity index (χ3v) is 3.47. The SMILES string of the molecule is CC(C)c1cc2c(cc1C(C)C)CCC=C2. The summed E-state index contributed by atoms with van der Waals surface area (Å²) in [6, 6.07) is 4.85. The van der Waals surface area contributed by atoms with Crippen molar-refractivity contribution in [3.05, 3.63) is 40.5 Å². The summed E-state index contributed by atoms with van der Waals surface area (Å²) < 4.78 is 0. The maximum Gasteiger partial charge on any atom is -0.0216 e. The van der Waals surface area contributed by atoms with Crippen LogP contribution in [0, 0.1) is 0 Å². The number of benzene rings is 1. The molecule has 0 aliphatic heterocycles. The van der Waals surface area contributed by atoms with E-state index in [0.717, 1.165) is 0 Å². The highest BCUT2D eigenvalue weighted by Crippen LogP contribution is 2.31. The molecule has 1 aliphatic rings. The molecular weight excluding hydrogens is 192 g/mol. The quantitative estimate of drug-likeness (QED) is 0.657. The number of rotatable bonds is 2. The molecular formula is C16H22. The first-order valence-corrected chi connectivity index (χ1v) is 6.43. The maximum atomic E-state index is 2.44. The van der Waals surface area contributed by atoms with Crippen LogP contribution < -0.4 is 0 Å². The highest BCUT2D eigenvalue weighted by atomic mass is 14.2. The average Bonchev–Trinajstić information content (AvgIpc) is 2.27. The number of allylic oxidation sites excluding steroid dienone is 1. The molecule has 86 valence electrons. The summed E-state index contributed by atoms with van der Waals surface area (Å²) in [6.45, 7) is 9.18. The Balaban J connectivity index is 2.56. The lowest BCUT2D eigenvalue weighted by Crippen LogP contribution is -2.04. The number of aryl methyl sites for hydroxylation is 1. The summed E-state index contributed by atoms with van der Waals surface area (Å²) in [7, 11) is 0. The van der Waals surface area contributed by atoms with E-state index in [9.17, 15) is 0 Å². The Labute approximate surface area is 99.4 Å². The highest BCUT2D eigenvalue weighted by molar-refractivity contribution is 5.59. The minimum atomic E-state index is 0.623. The van der Waals surface area contributed by atoms with E-state index in [1.807, 2.05) is 0 Å². The Kier molecular flexibility index (Phi) is 3.18. The van der Waals surface area contributed by atoms with E-state index in [-0.39, 0.29) is 0 Å². The molecule has 1 aromatic carbocycles. The summed E-state index contributed by atoms with van der Waals surface area (Å²) in [5, 5.41) is 0. The summed E-state index contributed by atoms with van der Waals surface area (Å²) in [6.07, 6.45) is 6.99. The Bertz CT molecular complexity index is 408. The zero-order valence-electron chi connectivity index (χ0n) is 10.9. The van der Waals surface area contributed by atoms with Crippen molar-refractivity contribution in [3.8, 4) is 0 Å². The molecule has 0 spiro atoms. The summed E-state index contributed by atoms with van der Waals surface area (Å²) in [4.78, 5) is 0. The normalized spacial score (nSPS) is 14.6. The fourth-order valence-electron chi connectivity index (χ4n) is 2.52. The van der Waals surface area contributed by atoms with E-state index < -0.39 is 0 Å². The molecule has 0 heteroatoms. The van der Waals surface area contributed by atoms with E-state index >= 15 is 0 Å². The Morgan fingerprint density at radius 1 is 0.938 bits per heavy atom. The lowest BCUT2D eigenvalue weighted by Gasteiger charge is -2.21. The molecule has 0 heterocycles. The molecule has 0 aromatic heterocycles. The van der Waals surface area contributed by atoms with Gasteiger partial charge in [-0.25, -0.2) is 0 Å². The topological polar surface area (TPSA) is 0 Å². The Hall–Kier alpha value is -1.04. The van der Waals surface area contributed by atoms with Crippen LogP contribution in [-0.4, -0.2) is 0 Å². The first-order valence-electron chi connectivity index (χ1n) is 6.43. The predicted molar refractivity (Wildman–Crippen MR) is 72.0 cm³/mol. The van der Waals surface area contributed by atoms with Gasteiger partial charge in [0.15, 0.2) is 0 Å². The Morgan fingerprint density at radius 2 is 1.56 bits per heavy atom. The smallest absolute Gasteiger partial charge is 0.0216 e. The summed E-state index contributed by atoms with van der Waals surface area (Å²) in [5.74, 6) is 1.26. The van der Waals surface area contributed by atoms with E-state index in [2.05, 4.69) is 52.0 Å². The van der Waals surface area contributed by atoms with Gasteiger partial charge in [-0.2, -0.15) is 0 Å². The molecule has 1 aromatic rings. The van der Waals surface area contributed by atoms with Gasteiger partial charge >= 0.3 is 0 Å². The number of fused-ring (bicyclic) bond motifs is 1. The van der Waals surface area contributed by atoms with Crippen LogP contribution in [0.15, 0.2) is 18.2 Å². The van der Waals surface area contributed by atoms with Crippen LogP contribution >= 0.6 is 0 Å². The number of hydrogen-bond donors (Lipinski definition) is 0. The molecule has 16 heavy (non-hydrogen) atoms. The molecule has 0 radical (unpaired) electrons. The van der Waals surface area contributed by atoms with Gasteiger partial charge < -0.3 is 0 Å². The predicted octanol–water partition coefficient (Wildman–Crippen LogP) is 4.89. The van der Waals surface area contributed by atoms with Crippen molar-refractivity contribution < 1.29 is 0 Å². The minimum Gasteiger partial charge on any atom is -0.0836 e. The Morgan fingerprint density at radius 3 is 2.19 bits per heavy atom. The van der Waals surface area contributed by atoms with Crippen LogP contribution in [0.2, 0.25) is 0 Å². The van der Waals surface area contributed by atoms with Gasteiger partial charge in [0.25, 0.3) is 0 Å². The van der Waals surface area contributed by atoms with Crippen LogP contribution in [-0.2, 0) is 6.42 Å². The van der Waals surface area contributed by atoms with Crippen molar-refractivity contribution in [1.29, 1.82) is 0 Å². The van der Waals surface area contributed by atoms with Crippen molar-refractivity contribution in [2.24, 2.45) is 0 Å². The second-order valence-electron chi connectivity index (χ2n) is 5.43. The average molecular weight is 214 g/mol. The lowest BCUT2D eigenvalue weighted by molar-refractivity contribution is 0.784. The van der Waals surface area contributed by atoms with Crippen LogP contribution in [0.25, 0.3) is 6.08 Å². The maximum absolute atomic E-state index is 2.44. The summed E-state index contributed by atoms with van der Waals surface area (Å²) >= 11 is 0. The van der Waals surface area contributed by atoms with Crippen molar-refractivity contribution >= 4 is 6.08 Å². The zero-order chi connectivity index (χ0) is 11.7. The molecule has 1 aliphatic carbocycles. The monoisotopic (exact) mass is 214 g/mol. The van der Waals surface area contributed by atoms with Gasteiger partial charge in [0.2, 0.25) is 0 Å². The molecule has 0 fully saturated rings. The minimum absolute atomic E-state index is 0.623. The fourth-order valence-corrected chi connectivity index (χ4v) is 2.52.